The molecule has 0 bridgehead atoms. The van der Waals surface area contributed by atoms with Gasteiger partial charge in [0, 0.05) is 18.5 Å². The molecule has 2 rings (SSSR count). The van der Waals surface area contributed by atoms with Gasteiger partial charge in [0.1, 0.15) is 5.60 Å². The topological polar surface area (TPSA) is 108 Å². The normalized spacial score (nSPS) is 20.5. The third-order valence-corrected chi connectivity index (χ3v) is 5.06. The van der Waals surface area contributed by atoms with Crippen LogP contribution in [-0.4, -0.2) is 39.9 Å². The van der Waals surface area contributed by atoms with Crippen LogP contribution in [-0.2, 0) is 24.4 Å². The number of benzene rings is 1. The van der Waals surface area contributed by atoms with Crippen LogP contribution >= 0.6 is 0 Å². The Labute approximate surface area is 165 Å². The Morgan fingerprint density at radius 3 is 2.00 bits per heavy atom. The molecule has 0 unspecified atom stereocenters. The van der Waals surface area contributed by atoms with Gasteiger partial charge in [-0.3, -0.25) is 10.1 Å². The average molecular weight is 393 g/mol. The van der Waals surface area contributed by atoms with Crippen molar-refractivity contribution < 1.29 is 28.9 Å². The molecule has 1 fully saturated rings. The monoisotopic (exact) mass is 393 g/mol. The van der Waals surface area contributed by atoms with E-state index in [0.29, 0.717) is 0 Å². The number of nitro groups is 1. The van der Waals surface area contributed by atoms with Crippen LogP contribution in [0.25, 0.3) is 0 Å². The lowest BCUT2D eigenvalue weighted by Gasteiger charge is -2.32. The first kappa shape index (κ1) is 22.3. The maximum atomic E-state index is 12.9. The number of esters is 1. The van der Waals surface area contributed by atoms with Crippen molar-refractivity contribution in [3.63, 3.8) is 0 Å². The summed E-state index contributed by atoms with van der Waals surface area (Å²) in [6, 6.07) is 5.14. The van der Waals surface area contributed by atoms with E-state index in [9.17, 15) is 20.0 Å². The molecule has 0 radical (unpaired) electrons. The predicted octanol–water partition coefficient (Wildman–Crippen LogP) is 3.22. The van der Waals surface area contributed by atoms with Crippen molar-refractivity contribution in [3.8, 4) is 0 Å². The third-order valence-electron chi connectivity index (χ3n) is 5.06. The Morgan fingerprint density at radius 1 is 1.14 bits per heavy atom. The van der Waals surface area contributed by atoms with Gasteiger partial charge in [0.05, 0.1) is 16.1 Å². The number of hydrogen-bond donors (Lipinski definition) is 1. The molecule has 0 aliphatic carbocycles. The average Bonchev–Trinajstić information content (AvgIpc) is 2.72. The number of non-ortho nitro benzene ring substituents is 1. The van der Waals surface area contributed by atoms with Crippen LogP contribution in [0.3, 0.4) is 0 Å². The van der Waals surface area contributed by atoms with Gasteiger partial charge in [-0.25, -0.2) is 4.79 Å². The van der Waals surface area contributed by atoms with Crippen molar-refractivity contribution in [2.75, 3.05) is 0 Å². The van der Waals surface area contributed by atoms with Crippen molar-refractivity contribution >= 4 is 18.8 Å². The second kappa shape index (κ2) is 7.13. The maximum Gasteiger partial charge on any atom is 0.461 e. The van der Waals surface area contributed by atoms with Gasteiger partial charge in [-0.15, -0.1) is 0 Å². The second-order valence-corrected chi connectivity index (χ2v) is 9.06. The van der Waals surface area contributed by atoms with E-state index < -0.39 is 40.4 Å². The van der Waals surface area contributed by atoms with Gasteiger partial charge >= 0.3 is 13.1 Å². The zero-order chi connectivity index (χ0) is 21.5. The molecule has 0 aromatic heterocycles. The Balaban J connectivity index is 2.39. The minimum Gasteiger partial charge on any atom is -0.458 e. The first-order chi connectivity index (χ1) is 12.6. The molecule has 28 heavy (non-hydrogen) atoms. The van der Waals surface area contributed by atoms with Gasteiger partial charge in [0.25, 0.3) is 5.69 Å². The van der Waals surface area contributed by atoms with E-state index in [1.807, 2.05) is 27.7 Å². The molecule has 1 atom stereocenters. The van der Waals surface area contributed by atoms with Crippen LogP contribution < -0.4 is 0 Å². The summed E-state index contributed by atoms with van der Waals surface area (Å²) < 4.78 is 17.3. The first-order valence-electron chi connectivity index (χ1n) is 9.14. The number of carbonyl (C=O) groups excluding carboxylic acids is 1. The Bertz CT molecular complexity index is 739. The fraction of sp³-hybridized carbons (Fsp3) is 0.632. The summed E-state index contributed by atoms with van der Waals surface area (Å²) in [5.41, 5.74) is -4.18. The van der Waals surface area contributed by atoms with E-state index in [1.54, 1.807) is 20.8 Å². The first-order valence-corrected chi connectivity index (χ1v) is 9.14. The SMILES string of the molecule is CC(C)(C)OC(=O)[C@@](O)(CB1OC(C)(C)C(C)(C)O1)c1ccc([N+](=O)[O-])cc1. The molecule has 1 saturated heterocycles. The highest BCUT2D eigenvalue weighted by Crippen LogP contribution is 2.41. The van der Waals surface area contributed by atoms with Crippen molar-refractivity contribution in [1.29, 1.82) is 0 Å². The molecule has 0 spiro atoms. The molecule has 1 heterocycles. The molecule has 154 valence electrons. The fourth-order valence-corrected chi connectivity index (χ4v) is 2.83. The molecule has 8 nitrogen and oxygen atoms in total. The van der Waals surface area contributed by atoms with Crippen molar-refractivity contribution in [3.05, 3.63) is 39.9 Å². The number of ether oxygens (including phenoxy) is 1. The van der Waals surface area contributed by atoms with Crippen molar-refractivity contribution in [2.24, 2.45) is 0 Å². The Morgan fingerprint density at radius 2 is 1.61 bits per heavy atom. The van der Waals surface area contributed by atoms with Crippen LogP contribution in [0.4, 0.5) is 5.69 Å². The maximum absolute atomic E-state index is 12.9. The van der Waals surface area contributed by atoms with Crippen LogP contribution in [0.5, 0.6) is 0 Å². The summed E-state index contributed by atoms with van der Waals surface area (Å²) in [6.07, 6.45) is -0.216. The zero-order valence-electron chi connectivity index (χ0n) is 17.4. The van der Waals surface area contributed by atoms with E-state index >= 15 is 0 Å². The van der Waals surface area contributed by atoms with Crippen molar-refractivity contribution in [2.45, 2.75) is 77.2 Å². The van der Waals surface area contributed by atoms with E-state index in [4.69, 9.17) is 14.0 Å². The Kier molecular flexibility index (Phi) is 5.69. The highest BCUT2D eigenvalue weighted by molar-refractivity contribution is 6.46. The molecule has 0 saturated carbocycles. The van der Waals surface area contributed by atoms with Gasteiger partial charge in [-0.1, -0.05) is 0 Å². The summed E-state index contributed by atoms with van der Waals surface area (Å²) in [6.45, 7) is 12.5. The molecular formula is C19H28BNO7. The standard InChI is InChI=1S/C19H28BNO7/c1-16(2,3)26-15(22)19(23,13-8-10-14(11-9-13)21(24)25)12-20-27-17(4,5)18(6,7)28-20/h8-11,23H,12H2,1-7H3/t19-/m1/s1. The smallest absolute Gasteiger partial charge is 0.458 e. The fourth-order valence-electron chi connectivity index (χ4n) is 2.83. The van der Waals surface area contributed by atoms with E-state index in [-0.39, 0.29) is 17.6 Å². The summed E-state index contributed by atoms with van der Waals surface area (Å²) in [7, 11) is -0.863. The molecule has 1 aliphatic heterocycles. The molecule has 0 amide bonds. The minimum absolute atomic E-state index is 0.147. The molecule has 1 aromatic rings. The molecule has 1 aliphatic rings. The number of nitro benzene ring substituents is 1. The highest BCUT2D eigenvalue weighted by atomic mass is 16.7. The van der Waals surface area contributed by atoms with Crippen LogP contribution in [0.1, 0.15) is 54.0 Å². The summed E-state index contributed by atoms with van der Waals surface area (Å²) in [4.78, 5) is 23.3. The summed E-state index contributed by atoms with van der Waals surface area (Å²) >= 11 is 0. The van der Waals surface area contributed by atoms with E-state index in [2.05, 4.69) is 0 Å². The Hall–Kier alpha value is -1.97. The molecule has 1 aromatic carbocycles. The third kappa shape index (κ3) is 4.53. The summed E-state index contributed by atoms with van der Waals surface area (Å²) in [5, 5.41) is 22.3. The highest BCUT2D eigenvalue weighted by Gasteiger charge is 2.55. The summed E-state index contributed by atoms with van der Waals surface area (Å²) in [5.74, 6) is -0.872. The zero-order valence-corrected chi connectivity index (χ0v) is 17.4. The van der Waals surface area contributed by atoms with Gasteiger partial charge in [-0.05, 0) is 66.2 Å². The van der Waals surface area contributed by atoms with Crippen molar-refractivity contribution in [1.82, 2.24) is 0 Å². The number of carbonyl (C=O) groups is 1. The lowest BCUT2D eigenvalue weighted by atomic mass is 9.71. The number of aliphatic hydroxyl groups is 1. The minimum atomic E-state index is -2.09. The molecular weight excluding hydrogens is 365 g/mol. The largest absolute Gasteiger partial charge is 0.461 e. The van der Waals surface area contributed by atoms with E-state index in [0.717, 1.165) is 0 Å². The number of nitrogens with zero attached hydrogens (tertiary/aromatic N) is 1. The number of rotatable bonds is 5. The van der Waals surface area contributed by atoms with Crippen LogP contribution in [0, 0.1) is 10.1 Å². The van der Waals surface area contributed by atoms with Gasteiger partial charge < -0.3 is 19.2 Å². The van der Waals surface area contributed by atoms with Gasteiger partial charge in [0.15, 0.2) is 5.60 Å². The lowest BCUT2D eigenvalue weighted by Crippen LogP contribution is -2.44. The second-order valence-electron chi connectivity index (χ2n) is 9.06. The van der Waals surface area contributed by atoms with Gasteiger partial charge in [0.2, 0.25) is 0 Å². The van der Waals surface area contributed by atoms with E-state index in [1.165, 1.54) is 24.3 Å². The quantitative estimate of drug-likeness (QED) is 0.354. The van der Waals surface area contributed by atoms with Crippen LogP contribution in [0.2, 0.25) is 6.32 Å². The number of hydrogen-bond acceptors (Lipinski definition) is 7. The van der Waals surface area contributed by atoms with Gasteiger partial charge in [-0.2, -0.15) is 0 Å². The lowest BCUT2D eigenvalue weighted by molar-refractivity contribution is -0.384. The predicted molar refractivity (Wildman–Crippen MR) is 104 cm³/mol. The molecule has 1 N–H and O–H groups in total. The van der Waals surface area contributed by atoms with Crippen LogP contribution in [0.15, 0.2) is 24.3 Å². The molecule has 9 heteroatoms.